The number of nitrogens with one attached hydrogen (secondary N) is 2. The van der Waals surface area contributed by atoms with E-state index in [1.807, 2.05) is 30.3 Å². The smallest absolute Gasteiger partial charge is 0.306 e. The van der Waals surface area contributed by atoms with E-state index < -0.39 is 0 Å². The van der Waals surface area contributed by atoms with Gasteiger partial charge in [-0.15, -0.1) is 11.8 Å². The van der Waals surface area contributed by atoms with Crippen molar-refractivity contribution in [1.29, 1.82) is 5.41 Å². The number of hydrogen-bond acceptors (Lipinski definition) is 5. The monoisotopic (exact) mass is 362 g/mol. The normalized spacial score (nSPS) is 12.5. The van der Waals surface area contributed by atoms with Crippen molar-refractivity contribution in [2.24, 2.45) is 5.92 Å². The molecule has 0 saturated carbocycles. The highest BCUT2D eigenvalue weighted by Crippen LogP contribution is 2.17. The molecule has 1 aromatic rings. The summed E-state index contributed by atoms with van der Waals surface area (Å²) in [6.45, 7) is 4.85. The van der Waals surface area contributed by atoms with Crippen LogP contribution >= 0.6 is 11.8 Å². The molecule has 1 unspecified atom stereocenters. The van der Waals surface area contributed by atoms with Crippen LogP contribution in [0.4, 0.5) is 5.69 Å². The van der Waals surface area contributed by atoms with E-state index in [1.54, 1.807) is 6.20 Å². The van der Waals surface area contributed by atoms with Gasteiger partial charge < -0.3 is 15.5 Å². The van der Waals surface area contributed by atoms with Crippen molar-refractivity contribution >= 4 is 29.6 Å². The van der Waals surface area contributed by atoms with Crippen LogP contribution in [0.1, 0.15) is 46.0 Å². The molecule has 0 aliphatic carbocycles. The Morgan fingerprint density at radius 3 is 2.72 bits per heavy atom. The van der Waals surface area contributed by atoms with Crippen LogP contribution in [0.25, 0.3) is 0 Å². The van der Waals surface area contributed by atoms with Gasteiger partial charge in [-0.25, -0.2) is 0 Å². The summed E-state index contributed by atoms with van der Waals surface area (Å²) in [5.74, 6) is 0.939. The van der Waals surface area contributed by atoms with Crippen LogP contribution in [0, 0.1) is 11.3 Å². The first kappa shape index (κ1) is 21.3. The Bertz CT molecular complexity index is 532. The van der Waals surface area contributed by atoms with Crippen LogP contribution in [-0.4, -0.2) is 24.5 Å². The van der Waals surface area contributed by atoms with E-state index in [9.17, 15) is 4.79 Å². The second kappa shape index (κ2) is 13.5. The van der Waals surface area contributed by atoms with Gasteiger partial charge in [0, 0.05) is 28.8 Å². The van der Waals surface area contributed by atoms with Gasteiger partial charge in [0.2, 0.25) is 0 Å². The van der Waals surface area contributed by atoms with E-state index in [0.29, 0.717) is 24.7 Å². The Hall–Kier alpha value is -1.75. The van der Waals surface area contributed by atoms with Gasteiger partial charge >= 0.3 is 5.97 Å². The lowest BCUT2D eigenvalue weighted by Crippen LogP contribution is -2.14. The molecule has 4 nitrogen and oxygen atoms in total. The summed E-state index contributed by atoms with van der Waals surface area (Å²) in [7, 11) is 0. The molecule has 138 valence electrons. The topological polar surface area (TPSA) is 62.2 Å². The molecule has 0 spiro atoms. The molecule has 0 aliphatic rings. The highest BCUT2D eigenvalue weighted by atomic mass is 32.2. The quantitative estimate of drug-likeness (QED) is 0.361. The van der Waals surface area contributed by atoms with Gasteiger partial charge in [-0.05, 0) is 24.5 Å². The zero-order valence-electron chi connectivity index (χ0n) is 15.3. The zero-order valence-corrected chi connectivity index (χ0v) is 16.1. The predicted octanol–water partition coefficient (Wildman–Crippen LogP) is 5.47. The van der Waals surface area contributed by atoms with E-state index in [0.717, 1.165) is 23.4 Å². The Kier molecular flexibility index (Phi) is 11.5. The zero-order chi connectivity index (χ0) is 18.3. The number of carbonyl (C=O) groups excluding carboxylic acids is 1. The Morgan fingerprint density at radius 2 is 2.08 bits per heavy atom. The fraction of sp³-hybridized carbons (Fsp3) is 0.500. The number of allylic oxidation sites excluding steroid dienone is 1. The number of hydrogen-bond donors (Lipinski definition) is 2. The number of rotatable bonds is 13. The first-order chi connectivity index (χ1) is 12.2. The summed E-state index contributed by atoms with van der Waals surface area (Å²) in [6.07, 6.45) is 7.99. The third kappa shape index (κ3) is 9.97. The number of anilines is 1. The van der Waals surface area contributed by atoms with E-state index >= 15 is 0 Å². The highest BCUT2D eigenvalue weighted by molar-refractivity contribution is 8.03. The molecule has 2 N–H and O–H groups in total. The summed E-state index contributed by atoms with van der Waals surface area (Å²) >= 11 is 1.48. The molecule has 0 heterocycles. The van der Waals surface area contributed by atoms with Gasteiger partial charge in [0.15, 0.2) is 0 Å². The average molecular weight is 363 g/mol. The van der Waals surface area contributed by atoms with Crippen molar-refractivity contribution in [2.75, 3.05) is 17.7 Å². The van der Waals surface area contributed by atoms with E-state index in [4.69, 9.17) is 10.1 Å². The third-order valence-electron chi connectivity index (χ3n) is 3.90. The Morgan fingerprint density at radius 1 is 1.32 bits per heavy atom. The van der Waals surface area contributed by atoms with Crippen LogP contribution in [0.5, 0.6) is 0 Å². The van der Waals surface area contributed by atoms with E-state index in [-0.39, 0.29) is 5.97 Å². The predicted molar refractivity (Wildman–Crippen MR) is 108 cm³/mol. The molecule has 5 heteroatoms. The van der Waals surface area contributed by atoms with Crippen LogP contribution in [0.3, 0.4) is 0 Å². The SMILES string of the molecule is CCCCC(CC)COC(=O)CCS/C(C=N)=C/Nc1ccccc1. The maximum absolute atomic E-state index is 11.9. The first-order valence-corrected chi connectivity index (χ1v) is 9.98. The number of para-hydroxylation sites is 1. The average Bonchev–Trinajstić information content (AvgIpc) is 2.65. The molecule has 0 saturated heterocycles. The van der Waals surface area contributed by atoms with Gasteiger partial charge in [-0.3, -0.25) is 4.79 Å². The maximum Gasteiger partial charge on any atom is 0.306 e. The molecule has 0 aromatic heterocycles. The van der Waals surface area contributed by atoms with Gasteiger partial charge in [0.25, 0.3) is 0 Å². The van der Waals surface area contributed by atoms with Crippen LogP contribution in [0.15, 0.2) is 41.4 Å². The standard InChI is InChI=1S/C20H30N2O2S/c1-3-5-9-17(4-2)16-24-20(23)12-13-25-19(14-21)15-22-18-10-7-6-8-11-18/h6-8,10-11,14-15,17,21-22H,3-5,9,12-13,16H2,1-2H3/b19-15+,21-14?. The lowest BCUT2D eigenvalue weighted by molar-refractivity contribution is -0.144. The van der Waals surface area contributed by atoms with Gasteiger partial charge in [0.05, 0.1) is 13.0 Å². The highest BCUT2D eigenvalue weighted by Gasteiger charge is 2.10. The van der Waals surface area contributed by atoms with E-state index in [2.05, 4.69) is 19.2 Å². The summed E-state index contributed by atoms with van der Waals surface area (Å²) in [4.78, 5) is 12.6. The molecule has 1 atom stereocenters. The van der Waals surface area contributed by atoms with Crippen molar-refractivity contribution < 1.29 is 9.53 Å². The number of esters is 1. The second-order valence-corrected chi connectivity index (χ2v) is 7.07. The molecule has 0 bridgehead atoms. The number of thioether (sulfide) groups is 1. The number of carbonyl (C=O) groups is 1. The molecule has 1 rings (SSSR count). The molecule has 0 aliphatic heterocycles. The first-order valence-electron chi connectivity index (χ1n) is 9.00. The maximum atomic E-state index is 11.9. The van der Waals surface area contributed by atoms with Crippen molar-refractivity contribution in [2.45, 2.75) is 46.0 Å². The minimum absolute atomic E-state index is 0.150. The Balaban J connectivity index is 2.26. The molecule has 0 radical (unpaired) electrons. The summed E-state index contributed by atoms with van der Waals surface area (Å²) in [5, 5.41) is 10.6. The molecule has 25 heavy (non-hydrogen) atoms. The van der Waals surface area contributed by atoms with Gasteiger partial charge in [-0.2, -0.15) is 0 Å². The minimum atomic E-state index is -0.150. The minimum Gasteiger partial charge on any atom is -0.465 e. The molecule has 1 aromatic carbocycles. The molecule has 0 amide bonds. The number of benzene rings is 1. The second-order valence-electron chi connectivity index (χ2n) is 5.90. The van der Waals surface area contributed by atoms with Crippen LogP contribution in [-0.2, 0) is 9.53 Å². The van der Waals surface area contributed by atoms with Gasteiger partial charge in [-0.1, -0.05) is 51.3 Å². The largest absolute Gasteiger partial charge is 0.465 e. The van der Waals surface area contributed by atoms with Gasteiger partial charge in [0.1, 0.15) is 0 Å². The fourth-order valence-electron chi connectivity index (χ4n) is 2.25. The summed E-state index contributed by atoms with van der Waals surface area (Å²) in [5.41, 5.74) is 0.972. The fourth-order valence-corrected chi connectivity index (χ4v) is 2.98. The van der Waals surface area contributed by atoms with Crippen LogP contribution < -0.4 is 5.32 Å². The molecular formula is C20H30N2O2S. The summed E-state index contributed by atoms with van der Waals surface area (Å²) < 4.78 is 5.39. The van der Waals surface area contributed by atoms with Crippen molar-refractivity contribution in [3.8, 4) is 0 Å². The number of ether oxygens (including phenoxy) is 1. The summed E-state index contributed by atoms with van der Waals surface area (Å²) in [6, 6.07) is 9.78. The van der Waals surface area contributed by atoms with Crippen molar-refractivity contribution in [1.82, 2.24) is 0 Å². The van der Waals surface area contributed by atoms with E-state index in [1.165, 1.54) is 30.8 Å². The van der Waals surface area contributed by atoms with Crippen molar-refractivity contribution in [3.05, 3.63) is 41.4 Å². The lowest BCUT2D eigenvalue weighted by atomic mass is 10.0. The Labute approximate surface area is 155 Å². The van der Waals surface area contributed by atoms with Crippen molar-refractivity contribution in [3.63, 3.8) is 0 Å². The molecule has 0 fully saturated rings. The third-order valence-corrected chi connectivity index (χ3v) is 4.87. The number of unbranched alkanes of at least 4 members (excludes halogenated alkanes) is 1. The van der Waals surface area contributed by atoms with Crippen LogP contribution in [0.2, 0.25) is 0 Å². The lowest BCUT2D eigenvalue weighted by Gasteiger charge is -2.14. The molecular weight excluding hydrogens is 332 g/mol.